The van der Waals surface area contributed by atoms with Crippen LogP contribution in [0.3, 0.4) is 0 Å². The normalized spacial score (nSPS) is 14.2. The smallest absolute Gasteiger partial charge is 0.327 e. The first-order valence-corrected chi connectivity index (χ1v) is 24.6. The van der Waals surface area contributed by atoms with Crippen molar-refractivity contribution in [3.63, 3.8) is 0 Å². The number of carbonyl (C=O) groups is 4. The van der Waals surface area contributed by atoms with Crippen molar-refractivity contribution in [3.8, 4) is 0 Å². The second kappa shape index (κ2) is 23.5. The molecule has 2 heterocycles. The van der Waals surface area contributed by atoms with Gasteiger partial charge in [-0.1, -0.05) is 97.1 Å². The lowest BCUT2D eigenvalue weighted by molar-refractivity contribution is -0.138. The SMILES string of the molecule is Nc1ccc(SCc2ccccc2)cc1.O=C(Nc1ccc(SCc2ccccc2)cc1)C1Cc2ccccc2N1C(=O)c1ccc(F)cc1.O=C(O)C1Cc2ccccc2N1C(=O)c1ccc(F)cc1. The number of halogens is 2. The number of fused-ring (bicyclic) bond motifs is 2. The van der Waals surface area contributed by atoms with Crippen molar-refractivity contribution < 1.29 is 33.1 Å². The molecule has 10 rings (SSSR count). The Labute approximate surface area is 419 Å². The van der Waals surface area contributed by atoms with Gasteiger partial charge >= 0.3 is 5.97 Å². The molecule has 8 aromatic rings. The third-order valence-corrected chi connectivity index (χ3v) is 13.8. The van der Waals surface area contributed by atoms with Crippen molar-refractivity contribution in [2.45, 2.75) is 46.2 Å². The number of thioether (sulfide) groups is 2. The number of benzene rings is 8. The van der Waals surface area contributed by atoms with E-state index in [-0.39, 0.29) is 23.8 Å². The van der Waals surface area contributed by atoms with Gasteiger partial charge in [0.2, 0.25) is 5.91 Å². The zero-order valence-electron chi connectivity index (χ0n) is 38.2. The number of carboxylic acid groups (broad SMARTS) is 1. The summed E-state index contributed by atoms with van der Waals surface area (Å²) in [5, 5.41) is 12.3. The van der Waals surface area contributed by atoms with E-state index in [1.165, 1.54) is 74.4 Å². The molecule has 4 N–H and O–H groups in total. The van der Waals surface area contributed by atoms with Crippen molar-refractivity contribution in [2.75, 3.05) is 20.9 Å². The number of nitrogen functional groups attached to an aromatic ring is 1. The van der Waals surface area contributed by atoms with Crippen LogP contribution in [0.5, 0.6) is 0 Å². The molecule has 0 spiro atoms. The Morgan fingerprint density at radius 2 is 0.901 bits per heavy atom. The fourth-order valence-corrected chi connectivity index (χ4v) is 9.76. The number of amides is 3. The van der Waals surface area contributed by atoms with E-state index in [9.17, 15) is 33.1 Å². The average Bonchev–Trinajstić information content (AvgIpc) is 4.00. The summed E-state index contributed by atoms with van der Waals surface area (Å²) in [6.45, 7) is 0. The van der Waals surface area contributed by atoms with Gasteiger partial charge in [-0.25, -0.2) is 13.6 Å². The molecule has 2 aliphatic rings. The minimum Gasteiger partial charge on any atom is -0.480 e. The van der Waals surface area contributed by atoms with Crippen LogP contribution in [-0.4, -0.2) is 40.9 Å². The lowest BCUT2D eigenvalue weighted by Gasteiger charge is -2.25. The van der Waals surface area contributed by atoms with Crippen molar-refractivity contribution in [1.29, 1.82) is 0 Å². The molecule has 0 aromatic heterocycles. The number of aliphatic carboxylic acids is 1. The molecule has 2 atom stereocenters. The zero-order chi connectivity index (χ0) is 49.7. The van der Waals surface area contributed by atoms with Crippen LogP contribution in [0.25, 0.3) is 0 Å². The Bertz CT molecular complexity index is 3090. The van der Waals surface area contributed by atoms with Crippen LogP contribution in [0, 0.1) is 11.6 Å². The van der Waals surface area contributed by atoms with E-state index in [2.05, 4.69) is 53.8 Å². The molecule has 0 fully saturated rings. The molecule has 0 saturated heterocycles. The minimum absolute atomic E-state index is 0.263. The van der Waals surface area contributed by atoms with Crippen molar-refractivity contribution in [1.82, 2.24) is 0 Å². The maximum absolute atomic E-state index is 13.4. The highest BCUT2D eigenvalue weighted by molar-refractivity contribution is 7.98. The molecule has 356 valence electrons. The maximum atomic E-state index is 13.4. The number of anilines is 4. The first-order chi connectivity index (χ1) is 34.5. The first-order valence-electron chi connectivity index (χ1n) is 22.7. The van der Waals surface area contributed by atoms with Crippen LogP contribution >= 0.6 is 23.5 Å². The third-order valence-electron chi connectivity index (χ3n) is 11.7. The predicted molar refractivity (Wildman–Crippen MR) is 280 cm³/mol. The van der Waals surface area contributed by atoms with Crippen molar-refractivity contribution in [3.05, 3.63) is 251 Å². The van der Waals surface area contributed by atoms with E-state index in [0.29, 0.717) is 29.0 Å². The number of carbonyl (C=O) groups excluding carboxylic acids is 3. The molecule has 3 amide bonds. The Balaban J connectivity index is 0.000000159. The van der Waals surface area contributed by atoms with E-state index in [1.807, 2.05) is 109 Å². The lowest BCUT2D eigenvalue weighted by atomic mass is 10.1. The molecular weight excluding hydrogens is 935 g/mol. The van der Waals surface area contributed by atoms with E-state index in [0.717, 1.165) is 33.2 Å². The number of hydrogen-bond donors (Lipinski definition) is 3. The molecule has 0 radical (unpaired) electrons. The van der Waals surface area contributed by atoms with Crippen molar-refractivity contribution >= 4 is 70.0 Å². The second-order valence-electron chi connectivity index (χ2n) is 16.5. The van der Waals surface area contributed by atoms with E-state index in [4.69, 9.17) is 5.73 Å². The van der Waals surface area contributed by atoms with E-state index < -0.39 is 35.6 Å². The van der Waals surface area contributed by atoms with Gasteiger partial charge in [0.1, 0.15) is 23.7 Å². The summed E-state index contributed by atoms with van der Waals surface area (Å²) in [4.78, 5) is 55.8. The van der Waals surface area contributed by atoms with Crippen LogP contribution < -0.4 is 20.9 Å². The van der Waals surface area contributed by atoms with Gasteiger partial charge in [0.05, 0.1) is 0 Å². The van der Waals surface area contributed by atoms with E-state index >= 15 is 0 Å². The zero-order valence-corrected chi connectivity index (χ0v) is 39.9. The molecule has 8 aromatic carbocycles. The first kappa shape index (κ1) is 49.4. The van der Waals surface area contributed by atoms with Gasteiger partial charge < -0.3 is 16.2 Å². The topological polar surface area (TPSA) is 133 Å². The Kier molecular flexibility index (Phi) is 16.4. The molecule has 0 bridgehead atoms. The van der Waals surface area contributed by atoms with Crippen LogP contribution in [-0.2, 0) is 33.9 Å². The Morgan fingerprint density at radius 3 is 1.35 bits per heavy atom. The molecule has 13 heteroatoms. The van der Waals surface area contributed by atoms with Gasteiger partial charge in [-0.05, 0) is 131 Å². The number of hydrogen-bond acceptors (Lipinski definition) is 7. The van der Waals surface area contributed by atoms with Gasteiger partial charge in [-0.15, -0.1) is 23.5 Å². The van der Waals surface area contributed by atoms with Gasteiger partial charge in [0.15, 0.2) is 0 Å². The quantitative estimate of drug-likeness (QED) is 0.0862. The highest BCUT2D eigenvalue weighted by atomic mass is 32.2. The third kappa shape index (κ3) is 12.8. The number of nitrogens with two attached hydrogens (primary N) is 1. The Morgan fingerprint density at radius 1 is 0.507 bits per heavy atom. The molecule has 0 saturated carbocycles. The van der Waals surface area contributed by atoms with Crippen molar-refractivity contribution in [2.24, 2.45) is 0 Å². The van der Waals surface area contributed by atoms with Crippen LogP contribution in [0.2, 0.25) is 0 Å². The minimum atomic E-state index is -1.05. The number of nitrogens with one attached hydrogen (secondary N) is 1. The maximum Gasteiger partial charge on any atom is 0.327 e. The van der Waals surface area contributed by atoms with Gasteiger partial charge in [-0.2, -0.15) is 0 Å². The fourth-order valence-electron chi connectivity index (χ4n) is 8.05. The summed E-state index contributed by atoms with van der Waals surface area (Å²) in [6.07, 6.45) is 0.693. The number of carboxylic acids is 1. The summed E-state index contributed by atoms with van der Waals surface area (Å²) >= 11 is 3.56. The highest BCUT2D eigenvalue weighted by Crippen LogP contribution is 2.36. The summed E-state index contributed by atoms with van der Waals surface area (Å²) < 4.78 is 26.3. The number of para-hydroxylation sites is 2. The average molecular weight is 983 g/mol. The molecule has 0 aliphatic carbocycles. The summed E-state index contributed by atoms with van der Waals surface area (Å²) in [5.41, 5.74) is 13.4. The molecule has 9 nitrogen and oxygen atoms in total. The number of nitrogens with zero attached hydrogens (tertiary/aromatic N) is 2. The molecular formula is C58H48F2N4O5S2. The summed E-state index contributed by atoms with van der Waals surface area (Å²) in [7, 11) is 0. The number of rotatable bonds is 11. The summed E-state index contributed by atoms with van der Waals surface area (Å²) in [5.74, 6) is -1.07. The van der Waals surface area contributed by atoms with Gasteiger partial charge in [0, 0.05) is 68.0 Å². The lowest BCUT2D eigenvalue weighted by Crippen LogP contribution is -2.45. The van der Waals surface area contributed by atoms with Gasteiger partial charge in [-0.3, -0.25) is 24.2 Å². The Hall–Kier alpha value is -8.00. The molecule has 2 aliphatic heterocycles. The monoisotopic (exact) mass is 982 g/mol. The standard InChI is InChI=1S/C29H23FN2O2S.C16H12FNO3.C13H13NS/c30-23-12-10-21(11-13-23)29(34)32-26-9-5-4-8-22(26)18-27(32)28(33)31-24-14-16-25(17-15-24)35-19-20-6-2-1-3-7-20;17-12-7-5-10(6-8-12)15(19)18-13-4-2-1-3-11(13)9-14(18)16(20)21;14-12-6-8-13(9-7-12)15-10-11-4-2-1-3-5-11/h1-17,27H,18-19H2,(H,31,33);1-8,14H,9H2,(H,20,21);1-9H,10,14H2. The van der Waals surface area contributed by atoms with Crippen LogP contribution in [0.15, 0.2) is 216 Å². The van der Waals surface area contributed by atoms with Gasteiger partial charge in [0.25, 0.3) is 11.8 Å². The fraction of sp³-hybridized carbons (Fsp3) is 0.103. The molecule has 71 heavy (non-hydrogen) atoms. The van der Waals surface area contributed by atoms with Crippen LogP contribution in [0.4, 0.5) is 31.5 Å². The highest BCUT2D eigenvalue weighted by Gasteiger charge is 2.40. The second-order valence-corrected chi connectivity index (χ2v) is 18.6. The van der Waals surface area contributed by atoms with Crippen LogP contribution in [0.1, 0.15) is 43.0 Å². The molecule has 2 unspecified atom stereocenters. The predicted octanol–water partition coefficient (Wildman–Crippen LogP) is 12.4. The summed E-state index contributed by atoms with van der Waals surface area (Å²) in [6, 6.07) is 59.9. The largest absolute Gasteiger partial charge is 0.480 e. The van der Waals surface area contributed by atoms with E-state index in [1.54, 1.807) is 23.9 Å².